The average Bonchev–Trinajstić information content (AvgIpc) is 2.67. The third kappa shape index (κ3) is 3.11. The minimum atomic E-state index is 0.581. The fourth-order valence-corrected chi connectivity index (χ4v) is 3.90. The van der Waals surface area contributed by atoms with Crippen LogP contribution >= 0.6 is 0 Å². The first kappa shape index (κ1) is 16.1. The summed E-state index contributed by atoms with van der Waals surface area (Å²) in [5, 5.41) is 1.17. The number of fused-ring (bicyclic) bond motifs is 1. The lowest BCUT2D eigenvalue weighted by Crippen LogP contribution is -2.39. The Labute approximate surface area is 149 Å². The van der Waals surface area contributed by atoms with Gasteiger partial charge >= 0.3 is 0 Å². The number of para-hydroxylation sites is 1. The Bertz CT molecular complexity index is 887. The van der Waals surface area contributed by atoms with E-state index in [-0.39, 0.29) is 0 Å². The van der Waals surface area contributed by atoms with E-state index in [1.807, 2.05) is 0 Å². The van der Waals surface area contributed by atoms with Crippen LogP contribution in [0.15, 0.2) is 48.5 Å². The number of nitrogens with zero attached hydrogens (tertiary/aromatic N) is 3. The van der Waals surface area contributed by atoms with Crippen molar-refractivity contribution in [1.82, 2.24) is 9.97 Å². The lowest BCUT2D eigenvalue weighted by Gasteiger charge is -2.37. The number of rotatable bonds is 3. The third-order valence-corrected chi connectivity index (χ3v) is 5.23. The molecule has 2 aromatic carbocycles. The molecule has 25 heavy (non-hydrogen) atoms. The summed E-state index contributed by atoms with van der Waals surface area (Å²) in [7, 11) is 0. The Morgan fingerprint density at radius 1 is 1.04 bits per heavy atom. The van der Waals surface area contributed by atoms with Crippen molar-refractivity contribution in [2.24, 2.45) is 0 Å². The molecule has 0 N–H and O–H groups in total. The molecular formula is C22H25N3. The zero-order valence-corrected chi connectivity index (χ0v) is 15.1. The molecule has 0 amide bonds. The molecule has 1 unspecified atom stereocenters. The molecule has 4 rings (SSSR count). The maximum atomic E-state index is 5.05. The van der Waals surface area contributed by atoms with Gasteiger partial charge in [-0.3, -0.25) is 0 Å². The molecule has 128 valence electrons. The number of aryl methyl sites for hydroxylation is 1. The fourth-order valence-electron chi connectivity index (χ4n) is 3.90. The molecule has 0 radical (unpaired) electrons. The molecule has 1 atom stereocenters. The quantitative estimate of drug-likeness (QED) is 0.645. The second-order valence-corrected chi connectivity index (χ2v) is 7.01. The molecule has 2 heterocycles. The lowest BCUT2D eigenvalue weighted by atomic mass is 9.99. The van der Waals surface area contributed by atoms with Gasteiger partial charge in [-0.2, -0.15) is 0 Å². The van der Waals surface area contributed by atoms with Crippen molar-refractivity contribution in [2.75, 3.05) is 11.4 Å². The van der Waals surface area contributed by atoms with E-state index in [9.17, 15) is 0 Å². The van der Waals surface area contributed by atoms with E-state index in [0.717, 1.165) is 35.7 Å². The van der Waals surface area contributed by atoms with Crippen LogP contribution in [-0.2, 0) is 0 Å². The third-order valence-electron chi connectivity index (χ3n) is 5.23. The Morgan fingerprint density at radius 3 is 2.76 bits per heavy atom. The molecule has 3 aromatic rings. The fraction of sp³-hybridized carbons (Fsp3) is 0.364. The van der Waals surface area contributed by atoms with Gasteiger partial charge in [0.2, 0.25) is 0 Å². The highest BCUT2D eigenvalue weighted by Crippen LogP contribution is 2.32. The second-order valence-electron chi connectivity index (χ2n) is 7.01. The number of hydrogen-bond donors (Lipinski definition) is 0. The van der Waals surface area contributed by atoms with E-state index in [1.165, 1.54) is 30.2 Å². The highest BCUT2D eigenvalue weighted by molar-refractivity contribution is 5.91. The van der Waals surface area contributed by atoms with Crippen LogP contribution in [0.2, 0.25) is 0 Å². The van der Waals surface area contributed by atoms with Gasteiger partial charge in [0.05, 0.1) is 5.52 Å². The molecule has 0 spiro atoms. The molecule has 0 saturated carbocycles. The van der Waals surface area contributed by atoms with Crippen LogP contribution in [0.25, 0.3) is 22.3 Å². The van der Waals surface area contributed by atoms with Gasteiger partial charge in [0, 0.05) is 23.5 Å². The van der Waals surface area contributed by atoms with Gasteiger partial charge in [0.25, 0.3) is 0 Å². The van der Waals surface area contributed by atoms with E-state index >= 15 is 0 Å². The second kappa shape index (κ2) is 6.83. The van der Waals surface area contributed by atoms with Crippen LogP contribution in [0.4, 0.5) is 5.82 Å². The molecule has 0 aliphatic carbocycles. The number of aromatic nitrogens is 2. The van der Waals surface area contributed by atoms with Crippen LogP contribution in [0, 0.1) is 6.92 Å². The molecule has 1 aromatic heterocycles. The minimum Gasteiger partial charge on any atom is -0.353 e. The Balaban J connectivity index is 1.90. The minimum absolute atomic E-state index is 0.581. The molecule has 1 saturated heterocycles. The van der Waals surface area contributed by atoms with Crippen molar-refractivity contribution in [2.45, 2.75) is 45.6 Å². The number of hydrogen-bond acceptors (Lipinski definition) is 3. The van der Waals surface area contributed by atoms with E-state index in [4.69, 9.17) is 9.97 Å². The van der Waals surface area contributed by atoms with Gasteiger partial charge in [-0.05, 0) is 50.8 Å². The number of anilines is 1. The van der Waals surface area contributed by atoms with E-state index in [1.54, 1.807) is 0 Å². The smallest absolute Gasteiger partial charge is 0.162 e. The average molecular weight is 331 g/mol. The Kier molecular flexibility index (Phi) is 4.39. The zero-order valence-electron chi connectivity index (χ0n) is 15.1. The zero-order chi connectivity index (χ0) is 17.2. The Morgan fingerprint density at radius 2 is 1.92 bits per heavy atom. The van der Waals surface area contributed by atoms with Gasteiger partial charge in [-0.25, -0.2) is 9.97 Å². The summed E-state index contributed by atoms with van der Waals surface area (Å²) in [5.74, 6) is 1.94. The summed E-state index contributed by atoms with van der Waals surface area (Å²) in [6.45, 7) is 5.49. The molecule has 1 fully saturated rings. The van der Waals surface area contributed by atoms with E-state index in [2.05, 4.69) is 67.3 Å². The normalized spacial score (nSPS) is 17.8. The molecule has 3 heteroatoms. The van der Waals surface area contributed by atoms with Gasteiger partial charge in [-0.15, -0.1) is 0 Å². The molecule has 3 nitrogen and oxygen atoms in total. The van der Waals surface area contributed by atoms with Crippen molar-refractivity contribution in [3.8, 4) is 11.4 Å². The first-order valence-corrected chi connectivity index (χ1v) is 9.36. The standard InChI is InChI=1S/C22H25N3/c1-3-18-11-6-7-14-25(18)22-19-12-4-5-13-20(19)23-21(24-22)17-10-8-9-16(2)15-17/h4-5,8-10,12-13,15,18H,3,6-7,11,14H2,1-2H3. The van der Waals surface area contributed by atoms with E-state index in [0.29, 0.717) is 6.04 Å². The summed E-state index contributed by atoms with van der Waals surface area (Å²) < 4.78 is 0. The summed E-state index contributed by atoms with van der Waals surface area (Å²) in [6.07, 6.45) is 4.99. The van der Waals surface area contributed by atoms with Crippen molar-refractivity contribution >= 4 is 16.7 Å². The van der Waals surface area contributed by atoms with Gasteiger partial charge in [0.1, 0.15) is 5.82 Å². The monoisotopic (exact) mass is 331 g/mol. The van der Waals surface area contributed by atoms with Crippen LogP contribution in [0.5, 0.6) is 0 Å². The highest BCUT2D eigenvalue weighted by Gasteiger charge is 2.24. The van der Waals surface area contributed by atoms with Crippen molar-refractivity contribution < 1.29 is 0 Å². The maximum absolute atomic E-state index is 5.05. The largest absolute Gasteiger partial charge is 0.353 e. The topological polar surface area (TPSA) is 29.0 Å². The summed E-state index contributed by atoms with van der Waals surface area (Å²) in [5.41, 5.74) is 3.36. The summed E-state index contributed by atoms with van der Waals surface area (Å²) in [6, 6.07) is 17.5. The van der Waals surface area contributed by atoms with Crippen LogP contribution in [0.1, 0.15) is 38.2 Å². The van der Waals surface area contributed by atoms with Gasteiger partial charge in [-0.1, -0.05) is 42.8 Å². The predicted octanol–water partition coefficient (Wildman–Crippen LogP) is 5.37. The van der Waals surface area contributed by atoms with Crippen LogP contribution in [0.3, 0.4) is 0 Å². The molecule has 1 aliphatic heterocycles. The SMILES string of the molecule is CCC1CCCCN1c1nc(-c2cccc(C)c2)nc2ccccc12. The van der Waals surface area contributed by atoms with Gasteiger partial charge in [0.15, 0.2) is 5.82 Å². The van der Waals surface area contributed by atoms with Crippen LogP contribution < -0.4 is 4.90 Å². The molecular weight excluding hydrogens is 306 g/mol. The van der Waals surface area contributed by atoms with Crippen molar-refractivity contribution in [3.63, 3.8) is 0 Å². The van der Waals surface area contributed by atoms with E-state index < -0.39 is 0 Å². The lowest BCUT2D eigenvalue weighted by molar-refractivity contribution is 0.448. The first-order chi connectivity index (χ1) is 12.3. The van der Waals surface area contributed by atoms with Crippen molar-refractivity contribution in [1.29, 1.82) is 0 Å². The predicted molar refractivity (Wildman–Crippen MR) is 105 cm³/mol. The van der Waals surface area contributed by atoms with Crippen LogP contribution in [-0.4, -0.2) is 22.6 Å². The van der Waals surface area contributed by atoms with Gasteiger partial charge < -0.3 is 4.90 Å². The maximum Gasteiger partial charge on any atom is 0.162 e. The Hall–Kier alpha value is -2.42. The van der Waals surface area contributed by atoms with Crippen molar-refractivity contribution in [3.05, 3.63) is 54.1 Å². The number of piperidine rings is 1. The highest BCUT2D eigenvalue weighted by atomic mass is 15.2. The first-order valence-electron chi connectivity index (χ1n) is 9.36. The molecule has 0 bridgehead atoms. The number of benzene rings is 2. The summed E-state index contributed by atoms with van der Waals surface area (Å²) in [4.78, 5) is 12.4. The molecule has 1 aliphatic rings. The summed E-state index contributed by atoms with van der Waals surface area (Å²) >= 11 is 0.